The summed E-state index contributed by atoms with van der Waals surface area (Å²) in [6, 6.07) is 21.8. The highest BCUT2D eigenvalue weighted by Gasteiger charge is 2.12. The topological polar surface area (TPSA) is 65.5 Å². The first-order valence-electron chi connectivity index (χ1n) is 10.1. The number of ether oxygens (including phenoxy) is 3. The molecule has 0 unspecified atom stereocenters. The Labute approximate surface area is 189 Å². The molecule has 0 radical (unpaired) electrons. The lowest BCUT2D eigenvalue weighted by atomic mass is 10.2. The lowest BCUT2D eigenvalue weighted by Gasteiger charge is -2.12. The zero-order valence-corrected chi connectivity index (χ0v) is 18.5. The predicted octanol–water partition coefficient (Wildman–Crippen LogP) is 6.27. The van der Waals surface area contributed by atoms with Crippen molar-refractivity contribution < 1.29 is 14.2 Å². The summed E-state index contributed by atoms with van der Waals surface area (Å²) in [5.41, 5.74) is 2.92. The van der Waals surface area contributed by atoms with E-state index in [1.54, 1.807) is 31.8 Å². The number of rotatable bonds is 7. The Morgan fingerprint density at radius 1 is 0.844 bits per heavy atom. The number of pyridine rings is 1. The maximum absolute atomic E-state index is 6.23. The van der Waals surface area contributed by atoms with E-state index in [0.29, 0.717) is 17.2 Å². The molecule has 0 saturated heterocycles. The van der Waals surface area contributed by atoms with Gasteiger partial charge in [0.05, 0.1) is 30.0 Å². The van der Waals surface area contributed by atoms with Crippen molar-refractivity contribution in [1.82, 2.24) is 9.97 Å². The third kappa shape index (κ3) is 4.02. The van der Waals surface area contributed by atoms with Gasteiger partial charge in [0, 0.05) is 30.3 Å². The minimum Gasteiger partial charge on any atom is -0.493 e. The molecule has 2 heterocycles. The summed E-state index contributed by atoms with van der Waals surface area (Å²) in [5.74, 6) is 2.69. The number of fused-ring (bicyclic) bond motifs is 2. The highest BCUT2D eigenvalue weighted by atomic mass is 32.1. The fourth-order valence-electron chi connectivity index (χ4n) is 3.48. The summed E-state index contributed by atoms with van der Waals surface area (Å²) in [6.45, 7) is 0.734. The number of anilines is 1. The van der Waals surface area contributed by atoms with Gasteiger partial charge in [0.1, 0.15) is 11.5 Å². The summed E-state index contributed by atoms with van der Waals surface area (Å²) in [5, 5.41) is 5.13. The minimum atomic E-state index is 0.630. The zero-order chi connectivity index (χ0) is 21.9. The summed E-state index contributed by atoms with van der Waals surface area (Å²) >= 11 is 1.60. The van der Waals surface area contributed by atoms with E-state index >= 15 is 0 Å². The Morgan fingerprint density at radius 3 is 2.47 bits per heavy atom. The van der Waals surface area contributed by atoms with Crippen molar-refractivity contribution in [2.75, 3.05) is 19.5 Å². The van der Waals surface area contributed by atoms with Gasteiger partial charge in [-0.15, -0.1) is 0 Å². The molecule has 2 aromatic heterocycles. The van der Waals surface area contributed by atoms with E-state index in [0.717, 1.165) is 38.5 Å². The van der Waals surface area contributed by atoms with Crippen LogP contribution < -0.4 is 19.5 Å². The molecule has 0 spiro atoms. The van der Waals surface area contributed by atoms with Crippen molar-refractivity contribution in [3.63, 3.8) is 0 Å². The highest BCUT2D eigenvalue weighted by molar-refractivity contribution is 7.22. The molecule has 0 aliphatic rings. The Kier molecular flexibility index (Phi) is 5.47. The third-order valence-electron chi connectivity index (χ3n) is 5.08. The molecular formula is C25H21N3O3S. The van der Waals surface area contributed by atoms with Crippen LogP contribution in [0.25, 0.3) is 21.1 Å². The van der Waals surface area contributed by atoms with Gasteiger partial charge >= 0.3 is 0 Å². The van der Waals surface area contributed by atoms with Crippen LogP contribution in [0.5, 0.6) is 23.0 Å². The van der Waals surface area contributed by atoms with Crippen molar-refractivity contribution in [3.05, 3.63) is 78.5 Å². The van der Waals surface area contributed by atoms with Crippen LogP contribution in [0.4, 0.5) is 5.13 Å². The van der Waals surface area contributed by atoms with E-state index < -0.39 is 0 Å². The van der Waals surface area contributed by atoms with Gasteiger partial charge in [-0.3, -0.25) is 4.98 Å². The molecular weight excluding hydrogens is 422 g/mol. The van der Waals surface area contributed by atoms with Crippen LogP contribution in [0.3, 0.4) is 0 Å². The standard InChI is InChI=1S/C25H21N3O3S/c1-29-22-13-18-20(14-23(22)30-2)26-11-10-21(18)31-17-8-9-19-24(12-17)32-25(28-19)27-15-16-6-4-3-5-7-16/h3-14H,15H2,1-2H3,(H,27,28). The Morgan fingerprint density at radius 2 is 1.66 bits per heavy atom. The number of hydrogen-bond acceptors (Lipinski definition) is 7. The first-order chi connectivity index (χ1) is 15.7. The first kappa shape index (κ1) is 20.1. The van der Waals surface area contributed by atoms with E-state index in [1.165, 1.54) is 5.56 Å². The zero-order valence-electron chi connectivity index (χ0n) is 17.7. The number of aromatic nitrogens is 2. The lowest BCUT2D eigenvalue weighted by molar-refractivity contribution is 0.355. The molecule has 5 aromatic rings. The molecule has 0 aliphatic heterocycles. The minimum absolute atomic E-state index is 0.630. The van der Waals surface area contributed by atoms with Gasteiger partial charge in [-0.1, -0.05) is 41.7 Å². The fraction of sp³-hybridized carbons (Fsp3) is 0.120. The molecule has 0 amide bonds. The van der Waals surface area contributed by atoms with Crippen molar-refractivity contribution >= 4 is 37.6 Å². The van der Waals surface area contributed by atoms with Crippen LogP contribution in [0.1, 0.15) is 5.56 Å². The number of nitrogens with zero attached hydrogens (tertiary/aromatic N) is 2. The van der Waals surface area contributed by atoms with Crippen molar-refractivity contribution in [1.29, 1.82) is 0 Å². The fourth-order valence-corrected chi connectivity index (χ4v) is 4.37. The summed E-state index contributed by atoms with van der Waals surface area (Å²) in [4.78, 5) is 9.11. The molecule has 6 nitrogen and oxygen atoms in total. The second kappa shape index (κ2) is 8.72. The van der Waals surface area contributed by atoms with E-state index in [-0.39, 0.29) is 0 Å². The van der Waals surface area contributed by atoms with Gasteiger partial charge in [0.15, 0.2) is 16.6 Å². The lowest BCUT2D eigenvalue weighted by Crippen LogP contribution is -1.97. The van der Waals surface area contributed by atoms with Gasteiger partial charge in [-0.2, -0.15) is 0 Å². The van der Waals surface area contributed by atoms with Crippen molar-refractivity contribution in [2.24, 2.45) is 0 Å². The molecule has 0 atom stereocenters. The van der Waals surface area contributed by atoms with Crippen LogP contribution in [0.2, 0.25) is 0 Å². The van der Waals surface area contributed by atoms with Crippen molar-refractivity contribution in [2.45, 2.75) is 6.54 Å². The molecule has 7 heteroatoms. The maximum Gasteiger partial charge on any atom is 0.184 e. The Hall–Kier alpha value is -3.84. The van der Waals surface area contributed by atoms with Crippen molar-refractivity contribution in [3.8, 4) is 23.0 Å². The monoisotopic (exact) mass is 443 g/mol. The summed E-state index contributed by atoms with van der Waals surface area (Å²) < 4.78 is 18.1. The maximum atomic E-state index is 6.23. The summed E-state index contributed by atoms with van der Waals surface area (Å²) in [7, 11) is 3.22. The molecule has 160 valence electrons. The molecule has 1 N–H and O–H groups in total. The van der Waals surface area contributed by atoms with Crippen LogP contribution in [-0.4, -0.2) is 24.2 Å². The second-order valence-corrected chi connectivity index (χ2v) is 8.15. The summed E-state index contributed by atoms with van der Waals surface area (Å²) in [6.07, 6.45) is 1.72. The number of methoxy groups -OCH3 is 2. The number of hydrogen-bond donors (Lipinski definition) is 1. The van der Waals surface area contributed by atoms with Gasteiger partial charge in [0.25, 0.3) is 0 Å². The third-order valence-corrected chi connectivity index (χ3v) is 6.06. The molecule has 0 saturated carbocycles. The van der Waals surface area contributed by atoms with Gasteiger partial charge in [0.2, 0.25) is 0 Å². The SMILES string of the molecule is COc1cc2nccc(Oc3ccc4nc(NCc5ccccc5)sc4c3)c2cc1OC. The van der Waals surface area contributed by atoms with Gasteiger partial charge < -0.3 is 19.5 Å². The largest absolute Gasteiger partial charge is 0.493 e. The average Bonchev–Trinajstić information content (AvgIpc) is 3.25. The predicted molar refractivity (Wildman–Crippen MR) is 128 cm³/mol. The molecule has 0 fully saturated rings. The molecule has 32 heavy (non-hydrogen) atoms. The Bertz CT molecular complexity index is 1390. The van der Waals surface area contributed by atoms with Gasteiger partial charge in [-0.05, 0) is 29.8 Å². The average molecular weight is 444 g/mol. The van der Waals surface area contributed by atoms with Crippen LogP contribution in [0.15, 0.2) is 72.9 Å². The normalized spacial score (nSPS) is 10.9. The van der Waals surface area contributed by atoms with E-state index in [1.807, 2.05) is 54.6 Å². The van der Waals surface area contributed by atoms with E-state index in [2.05, 4.69) is 27.4 Å². The first-order valence-corrected chi connectivity index (χ1v) is 10.9. The molecule has 0 bridgehead atoms. The van der Waals surface area contributed by atoms with E-state index in [9.17, 15) is 0 Å². The molecule has 5 rings (SSSR count). The smallest absolute Gasteiger partial charge is 0.184 e. The van der Waals surface area contributed by atoms with Crippen LogP contribution in [0, 0.1) is 0 Å². The second-order valence-electron chi connectivity index (χ2n) is 7.12. The quantitative estimate of drug-likeness (QED) is 0.320. The van der Waals surface area contributed by atoms with E-state index in [4.69, 9.17) is 14.2 Å². The van der Waals surface area contributed by atoms with Gasteiger partial charge in [-0.25, -0.2) is 4.98 Å². The number of thiazole rings is 1. The highest BCUT2D eigenvalue weighted by Crippen LogP contribution is 2.38. The number of benzene rings is 3. The van der Waals surface area contributed by atoms with Crippen LogP contribution >= 0.6 is 11.3 Å². The van der Waals surface area contributed by atoms with Crippen LogP contribution in [-0.2, 0) is 6.54 Å². The Balaban J connectivity index is 1.41. The molecule has 0 aliphatic carbocycles. The number of nitrogens with one attached hydrogen (secondary N) is 1. The molecule has 3 aromatic carbocycles.